The summed E-state index contributed by atoms with van der Waals surface area (Å²) < 4.78 is 54.1. The summed E-state index contributed by atoms with van der Waals surface area (Å²) in [5, 5.41) is 7.29. The van der Waals surface area contributed by atoms with Crippen LogP contribution >= 0.6 is 58.7 Å². The number of nitrogens with one attached hydrogen (secondary N) is 1. The van der Waals surface area contributed by atoms with Crippen LogP contribution in [0.4, 0.5) is 17.1 Å². The summed E-state index contributed by atoms with van der Waals surface area (Å²) >= 11 is 8.67. The number of carbonyl (C=O) groups excluding carboxylic acids is 1. The maximum Gasteiger partial charge on any atom is 0.262 e. The smallest absolute Gasteiger partial charge is 0.262 e. The maximum absolute atomic E-state index is 12.9. The molecular weight excluding hydrogens is 1700 g/mol. The van der Waals surface area contributed by atoms with E-state index in [1.165, 1.54) is 174 Å². The van der Waals surface area contributed by atoms with Gasteiger partial charge in [0, 0.05) is 116 Å². The van der Waals surface area contributed by atoms with Crippen molar-refractivity contribution in [2.24, 2.45) is 18.4 Å². The fraction of sp³-hybridized carbons (Fsp3) is 0.252. The predicted molar refractivity (Wildman–Crippen MR) is 531 cm³/mol. The fourth-order valence-corrected chi connectivity index (χ4v) is 24.8. The minimum Gasteiger partial charge on any atom is -0.335 e. The number of benzene rings is 8. The Morgan fingerprint density at radius 1 is 0.630 bits per heavy atom. The molecule has 4 aliphatic heterocycles. The third kappa shape index (κ3) is 20.6. The number of amides is 1. The summed E-state index contributed by atoms with van der Waals surface area (Å²) in [7, 11) is -2.64. The summed E-state index contributed by atoms with van der Waals surface area (Å²) in [6.07, 6.45) is 52.5. The van der Waals surface area contributed by atoms with Gasteiger partial charge in [0.25, 0.3) is 10.9 Å². The number of pyridine rings is 2. The number of rotatable bonds is 20. The molecule has 2 unspecified atom stereocenters. The van der Waals surface area contributed by atoms with E-state index in [-0.39, 0.29) is 12.0 Å². The molecule has 13 nitrogen and oxygen atoms in total. The minimum absolute atomic E-state index is 0.110. The van der Waals surface area contributed by atoms with E-state index in [4.69, 9.17) is 4.18 Å². The molecule has 0 saturated heterocycles. The Morgan fingerprint density at radius 2 is 1.36 bits per heavy atom. The Labute approximate surface area is 771 Å². The van der Waals surface area contributed by atoms with E-state index in [9.17, 15) is 17.4 Å². The molecule has 4 aromatic heterocycles. The summed E-state index contributed by atoms with van der Waals surface area (Å²) in [6.45, 7) is 12.9. The Balaban J connectivity index is 0.000000130. The second kappa shape index (κ2) is 38.8. The van der Waals surface area contributed by atoms with Crippen molar-refractivity contribution < 1.29 is 35.3 Å². The summed E-state index contributed by atoms with van der Waals surface area (Å²) in [5.41, 5.74) is 23.1. The van der Waals surface area contributed by atoms with E-state index < -0.39 is 26.7 Å². The summed E-state index contributed by atoms with van der Waals surface area (Å²) in [6, 6.07) is 71.0. The predicted octanol–water partition coefficient (Wildman–Crippen LogP) is 24.6. The molecule has 1 saturated carbocycles. The standard InChI is InChI=1S/C40H37N2OS2.C35H34N4O4S4.C32H35N2S/c1-4-14-31(15-5-1)29-41-27-26-33(36-21-12-13-22-37(36)41)18-8-3-9-23-40-42(30-32-16-6-2-7-17-32)38-28-35(24-25-39(38)44-40)45-43-34-19-10-11-20-34;1-37-29-21-28(46(2)41)11-13-31(29)44-34(37)18-23-6-8-25-9-7-24(17-26(25)16-23)19-35-39(22-33(40)36-47(3,42)43)30-20-27(10-12-32(30)45-35)38-14-4-5-15-38;1-5-33-15-13-26(27-16-22(2)11-12-28(27)33)18-23-17-24(21-32(3,4)20-23)19-30-34-14-7-9-25-8-6-10-29(35-30)31(25)34/h1-9,12-18,21-28,34H,10-11,19-20,29-30H2;4-5,10-21,25H,6-9,22H2,1-3H3;6,8,10-13,15-19H,5,7,9,14,20-21H2,1-4H3/q+1;;+1/p+1. The topological polar surface area (TPSA) is 116 Å². The van der Waals surface area contributed by atoms with E-state index in [1.54, 1.807) is 29.4 Å². The zero-order valence-corrected chi connectivity index (χ0v) is 78.7. The normalized spacial score (nSPS) is 19.0. The molecule has 127 heavy (non-hydrogen) atoms. The molecule has 0 bridgehead atoms. The number of allylic oxidation sites excluding steroid dienone is 14. The highest BCUT2D eigenvalue weighted by Crippen LogP contribution is 2.53. The summed E-state index contributed by atoms with van der Waals surface area (Å²) in [5.74, 6) is -0.0593. The number of thioether (sulfide) groups is 3. The van der Waals surface area contributed by atoms with Crippen LogP contribution < -0.4 is 33.1 Å². The van der Waals surface area contributed by atoms with Crippen LogP contribution in [0.5, 0.6) is 0 Å². The second-order valence-electron chi connectivity index (χ2n) is 34.8. The molecular formula is C107H107N8O5S7+3. The Bertz CT molecular complexity index is 6710. The molecule has 12 aromatic rings. The van der Waals surface area contributed by atoms with Gasteiger partial charge in [0.15, 0.2) is 18.9 Å². The summed E-state index contributed by atoms with van der Waals surface area (Å²) in [4.78, 5) is 25.5. The first kappa shape index (κ1) is 87.2. The van der Waals surface area contributed by atoms with Crippen molar-refractivity contribution in [3.8, 4) is 5.69 Å². The highest BCUT2D eigenvalue weighted by atomic mass is 32.2. The van der Waals surface area contributed by atoms with Gasteiger partial charge in [-0.3, -0.25) is 13.7 Å². The number of nitrogens with zero attached hydrogens (tertiary/aromatic N) is 7. The lowest BCUT2D eigenvalue weighted by Crippen LogP contribution is -2.38. The zero-order chi connectivity index (χ0) is 87.3. The van der Waals surface area contributed by atoms with Gasteiger partial charge in [-0.2, -0.15) is 13.7 Å². The maximum atomic E-state index is 12.9. The van der Waals surface area contributed by atoms with E-state index >= 15 is 0 Å². The lowest BCUT2D eigenvalue weighted by molar-refractivity contribution is -0.667. The highest BCUT2D eigenvalue weighted by Gasteiger charge is 2.35. The number of carbonyl (C=O) groups is 1. The van der Waals surface area contributed by atoms with Crippen molar-refractivity contribution in [3.05, 3.63) is 361 Å². The van der Waals surface area contributed by atoms with Gasteiger partial charge < -0.3 is 23.4 Å². The van der Waals surface area contributed by atoms with Crippen molar-refractivity contribution in [2.45, 2.75) is 155 Å². The lowest BCUT2D eigenvalue weighted by Gasteiger charge is -2.32. The average Bonchev–Trinajstić information content (AvgIpc) is 1.45. The monoisotopic (exact) mass is 1810 g/mol. The van der Waals surface area contributed by atoms with Crippen molar-refractivity contribution in [2.75, 3.05) is 40.3 Å². The lowest BCUT2D eigenvalue weighted by atomic mass is 9.75. The van der Waals surface area contributed by atoms with Crippen LogP contribution in [0.25, 0.3) is 55.9 Å². The Kier molecular flexibility index (Phi) is 26.6. The van der Waals surface area contributed by atoms with Crippen LogP contribution in [0, 0.1) is 18.3 Å². The Morgan fingerprint density at radius 3 is 2.17 bits per heavy atom. The molecule has 1 amide bonds. The van der Waals surface area contributed by atoms with Crippen LogP contribution in [-0.4, -0.2) is 54.8 Å². The number of anilines is 3. The van der Waals surface area contributed by atoms with Gasteiger partial charge >= 0.3 is 0 Å². The van der Waals surface area contributed by atoms with Crippen molar-refractivity contribution in [3.63, 3.8) is 0 Å². The number of para-hydroxylation sites is 2. The van der Waals surface area contributed by atoms with Crippen molar-refractivity contribution in [1.29, 1.82) is 0 Å². The molecule has 0 radical (unpaired) electrons. The molecule has 8 heterocycles. The number of thiazole rings is 1. The van der Waals surface area contributed by atoms with Crippen LogP contribution in [0.3, 0.4) is 0 Å². The number of fused-ring (bicyclic) bond motifs is 6. The molecule has 2 atom stereocenters. The van der Waals surface area contributed by atoms with E-state index in [0.717, 1.165) is 108 Å². The molecule has 644 valence electrons. The van der Waals surface area contributed by atoms with E-state index in [1.807, 2.05) is 75.7 Å². The van der Waals surface area contributed by atoms with Crippen LogP contribution in [0.2, 0.25) is 0 Å². The van der Waals surface area contributed by atoms with Gasteiger partial charge in [-0.15, -0.1) is 0 Å². The molecule has 20 heteroatoms. The average molecular weight is 1810 g/mol. The SMILES string of the molecule is C(/C=C/C=C/c1cc[n+](Cc2ccccc2)c2ccccc12)=C1/Sc2ccc(SOC3CCCC3)cc2N1Cc1ccccc1.CC[n+]1ccc(/C=C2C=C(/C=C3\Sc4cccc5c4N3CCC5)CC(C)(C)C/2)c2cc(C)ccc21.C[n+]1c(C=C2C=C3C=C(C=C4Sc5ccc(-n6cccc6)cc5N4CC(=O)NS(C)(=O)=O)CCC3CC2)sc2ccc(S(C)=O)cc21. The number of sulfonamides is 1. The van der Waals surface area contributed by atoms with E-state index in [0.29, 0.717) is 12.0 Å². The van der Waals surface area contributed by atoms with Gasteiger partial charge in [0.2, 0.25) is 26.6 Å². The fourth-order valence-electron chi connectivity index (χ4n) is 18.6. The quantitative estimate of drug-likeness (QED) is 0.0445. The number of hydrogen-bond acceptors (Lipinski definition) is 13. The van der Waals surface area contributed by atoms with Crippen LogP contribution in [-0.2, 0) is 62.9 Å². The first-order valence-electron chi connectivity index (χ1n) is 44.1. The largest absolute Gasteiger partial charge is 0.335 e. The van der Waals surface area contributed by atoms with Crippen LogP contribution in [0.1, 0.15) is 130 Å². The molecule has 8 aliphatic rings. The van der Waals surface area contributed by atoms with Gasteiger partial charge in [-0.05, 0) is 237 Å². The molecule has 4 aliphatic carbocycles. The van der Waals surface area contributed by atoms with Gasteiger partial charge in [-0.25, -0.2) is 8.42 Å². The second-order valence-corrected chi connectivity index (χ2v) is 43.0. The third-order valence-electron chi connectivity index (χ3n) is 24.7. The molecule has 8 aromatic carbocycles. The third-order valence-corrected chi connectivity index (χ3v) is 31.5. The van der Waals surface area contributed by atoms with Gasteiger partial charge in [0.1, 0.15) is 24.8 Å². The number of aromatic nitrogens is 4. The first-order chi connectivity index (χ1) is 61.7. The molecule has 20 rings (SSSR count). The Hall–Kier alpha value is -10.5. The first-order valence-corrected chi connectivity index (χ1v) is 51.6. The number of hydrogen-bond donors (Lipinski definition) is 1. The molecule has 1 fully saturated rings. The molecule has 0 spiro atoms. The van der Waals surface area contributed by atoms with E-state index in [2.05, 4.69) is 318 Å². The minimum atomic E-state index is -3.68. The number of aryl methyl sites for hydroxylation is 4. The molecule has 1 N–H and O–H groups in total. The van der Waals surface area contributed by atoms with Gasteiger partial charge in [0.05, 0.1) is 66.1 Å². The zero-order valence-electron chi connectivity index (χ0n) is 73.0. The highest BCUT2D eigenvalue weighted by molar-refractivity contribution is 8.04. The van der Waals surface area contributed by atoms with Gasteiger partial charge in [-0.1, -0.05) is 218 Å². The van der Waals surface area contributed by atoms with Crippen LogP contribution in [0.15, 0.2) is 347 Å². The van der Waals surface area contributed by atoms with Crippen molar-refractivity contribution in [1.82, 2.24) is 9.29 Å². The van der Waals surface area contributed by atoms with Crippen molar-refractivity contribution >= 4 is 153 Å².